The van der Waals surface area contributed by atoms with Crippen LogP contribution in [-0.2, 0) is 16.0 Å². The Balaban J connectivity index is 1.55. The lowest BCUT2D eigenvalue weighted by Gasteiger charge is -2.18. The fraction of sp³-hybridized carbons (Fsp3) is 0.364. The van der Waals surface area contributed by atoms with Gasteiger partial charge in [0.25, 0.3) is 0 Å². The van der Waals surface area contributed by atoms with Crippen LogP contribution in [0.2, 0.25) is 0 Å². The standard InChI is InChI=1S/C22H26N2O5/c1-27-18-7-4-15(5-8-18)10-11-23-22(26)16-12-21(25)24(14-16)17-6-9-19(28-2)20(13-17)29-3/h4-9,13,16H,10-12,14H2,1-3H3,(H,23,26). The molecule has 0 saturated carbocycles. The quantitative estimate of drug-likeness (QED) is 0.739. The average molecular weight is 398 g/mol. The molecule has 7 nitrogen and oxygen atoms in total. The fourth-order valence-corrected chi connectivity index (χ4v) is 3.39. The first-order valence-corrected chi connectivity index (χ1v) is 9.48. The normalized spacial score (nSPS) is 15.9. The highest BCUT2D eigenvalue weighted by molar-refractivity contribution is 6.00. The summed E-state index contributed by atoms with van der Waals surface area (Å²) in [5, 5.41) is 2.94. The molecule has 1 heterocycles. The Labute approximate surface area is 170 Å². The van der Waals surface area contributed by atoms with Crippen molar-refractivity contribution in [3.05, 3.63) is 48.0 Å². The Morgan fingerprint density at radius 2 is 1.76 bits per heavy atom. The number of anilines is 1. The average Bonchev–Trinajstić information content (AvgIpc) is 3.15. The van der Waals surface area contributed by atoms with Crippen molar-refractivity contribution in [1.82, 2.24) is 5.32 Å². The number of carbonyl (C=O) groups excluding carboxylic acids is 2. The minimum atomic E-state index is -0.369. The third-order valence-electron chi connectivity index (χ3n) is 5.05. The number of ether oxygens (including phenoxy) is 3. The van der Waals surface area contributed by atoms with E-state index in [2.05, 4.69) is 5.32 Å². The van der Waals surface area contributed by atoms with Crippen LogP contribution in [0.1, 0.15) is 12.0 Å². The van der Waals surface area contributed by atoms with Gasteiger partial charge in [0.1, 0.15) is 5.75 Å². The van der Waals surface area contributed by atoms with Gasteiger partial charge in [-0.05, 0) is 36.2 Å². The molecule has 0 spiro atoms. The molecule has 1 unspecified atom stereocenters. The van der Waals surface area contributed by atoms with Gasteiger partial charge in [0, 0.05) is 31.3 Å². The minimum Gasteiger partial charge on any atom is -0.497 e. The summed E-state index contributed by atoms with van der Waals surface area (Å²) in [4.78, 5) is 26.6. The van der Waals surface area contributed by atoms with E-state index in [-0.39, 0.29) is 24.2 Å². The summed E-state index contributed by atoms with van der Waals surface area (Å²) >= 11 is 0. The Morgan fingerprint density at radius 3 is 2.41 bits per heavy atom. The molecule has 1 aliphatic rings. The molecule has 0 radical (unpaired) electrons. The molecule has 2 aromatic carbocycles. The maximum absolute atomic E-state index is 12.5. The molecule has 3 rings (SSSR count). The highest BCUT2D eigenvalue weighted by atomic mass is 16.5. The number of nitrogens with one attached hydrogen (secondary N) is 1. The van der Waals surface area contributed by atoms with Crippen molar-refractivity contribution in [1.29, 1.82) is 0 Å². The van der Waals surface area contributed by atoms with E-state index >= 15 is 0 Å². The first kappa shape index (κ1) is 20.5. The molecule has 1 fully saturated rings. The number of hydrogen-bond donors (Lipinski definition) is 1. The summed E-state index contributed by atoms with van der Waals surface area (Å²) < 4.78 is 15.7. The Kier molecular flexibility index (Phi) is 6.59. The van der Waals surface area contributed by atoms with E-state index in [1.807, 2.05) is 24.3 Å². The van der Waals surface area contributed by atoms with Gasteiger partial charge in [-0.25, -0.2) is 0 Å². The zero-order chi connectivity index (χ0) is 20.8. The molecule has 1 atom stereocenters. The molecular weight excluding hydrogens is 372 g/mol. The van der Waals surface area contributed by atoms with Crippen LogP contribution in [-0.4, -0.2) is 46.2 Å². The van der Waals surface area contributed by atoms with Crippen molar-refractivity contribution in [2.24, 2.45) is 5.92 Å². The highest BCUT2D eigenvalue weighted by Gasteiger charge is 2.35. The summed E-state index contributed by atoms with van der Waals surface area (Å²) in [5.74, 6) is 1.40. The predicted octanol–water partition coefficient (Wildman–Crippen LogP) is 2.42. The van der Waals surface area contributed by atoms with Crippen molar-refractivity contribution < 1.29 is 23.8 Å². The zero-order valence-electron chi connectivity index (χ0n) is 16.9. The molecule has 29 heavy (non-hydrogen) atoms. The second kappa shape index (κ2) is 9.32. The number of rotatable bonds is 8. The molecule has 7 heteroatoms. The van der Waals surface area contributed by atoms with Crippen LogP contribution in [0.5, 0.6) is 17.2 Å². The molecular formula is C22H26N2O5. The van der Waals surface area contributed by atoms with Gasteiger partial charge in [-0.15, -0.1) is 0 Å². The van der Waals surface area contributed by atoms with E-state index in [1.165, 1.54) is 0 Å². The van der Waals surface area contributed by atoms with Gasteiger partial charge in [0.15, 0.2) is 11.5 Å². The van der Waals surface area contributed by atoms with Gasteiger partial charge >= 0.3 is 0 Å². The molecule has 0 bridgehead atoms. The van der Waals surface area contributed by atoms with Crippen molar-refractivity contribution in [2.75, 3.05) is 39.3 Å². The van der Waals surface area contributed by atoms with Crippen LogP contribution in [0.25, 0.3) is 0 Å². The minimum absolute atomic E-state index is 0.0764. The van der Waals surface area contributed by atoms with Crippen molar-refractivity contribution in [3.63, 3.8) is 0 Å². The molecule has 2 amide bonds. The molecule has 154 valence electrons. The fourth-order valence-electron chi connectivity index (χ4n) is 3.39. The molecule has 1 aliphatic heterocycles. The number of hydrogen-bond acceptors (Lipinski definition) is 5. The maximum Gasteiger partial charge on any atom is 0.227 e. The van der Waals surface area contributed by atoms with Gasteiger partial charge in [-0.2, -0.15) is 0 Å². The number of nitrogens with zero attached hydrogens (tertiary/aromatic N) is 1. The van der Waals surface area contributed by atoms with E-state index in [9.17, 15) is 9.59 Å². The lowest BCUT2D eigenvalue weighted by atomic mass is 10.1. The van der Waals surface area contributed by atoms with Crippen LogP contribution in [0.15, 0.2) is 42.5 Å². The number of amides is 2. The van der Waals surface area contributed by atoms with Crippen LogP contribution in [0.4, 0.5) is 5.69 Å². The topological polar surface area (TPSA) is 77.1 Å². The third kappa shape index (κ3) is 4.80. The third-order valence-corrected chi connectivity index (χ3v) is 5.05. The molecule has 1 saturated heterocycles. The maximum atomic E-state index is 12.5. The molecule has 1 N–H and O–H groups in total. The second-order valence-electron chi connectivity index (χ2n) is 6.83. The summed E-state index contributed by atoms with van der Waals surface area (Å²) in [7, 11) is 4.74. The predicted molar refractivity (Wildman–Crippen MR) is 110 cm³/mol. The van der Waals surface area contributed by atoms with Gasteiger partial charge in [0.05, 0.1) is 27.2 Å². The van der Waals surface area contributed by atoms with E-state index in [0.29, 0.717) is 30.3 Å². The van der Waals surface area contributed by atoms with Gasteiger partial charge in [0.2, 0.25) is 11.8 Å². The summed E-state index contributed by atoms with van der Waals surface area (Å²) in [6.07, 6.45) is 0.915. The number of carbonyl (C=O) groups is 2. The summed E-state index contributed by atoms with van der Waals surface area (Å²) in [6.45, 7) is 0.870. The van der Waals surface area contributed by atoms with Crippen molar-refractivity contribution >= 4 is 17.5 Å². The van der Waals surface area contributed by atoms with Gasteiger partial charge in [-0.3, -0.25) is 9.59 Å². The zero-order valence-corrected chi connectivity index (χ0v) is 16.9. The second-order valence-corrected chi connectivity index (χ2v) is 6.83. The summed E-state index contributed by atoms with van der Waals surface area (Å²) in [5.41, 5.74) is 1.81. The van der Waals surface area contributed by atoms with Gasteiger partial charge < -0.3 is 24.4 Å². The molecule has 2 aromatic rings. The smallest absolute Gasteiger partial charge is 0.227 e. The Bertz CT molecular complexity index is 866. The Hall–Kier alpha value is -3.22. The van der Waals surface area contributed by atoms with E-state index < -0.39 is 0 Å². The van der Waals surface area contributed by atoms with Crippen LogP contribution >= 0.6 is 0 Å². The van der Waals surface area contributed by atoms with Crippen molar-refractivity contribution in [3.8, 4) is 17.2 Å². The van der Waals surface area contributed by atoms with E-state index in [4.69, 9.17) is 14.2 Å². The largest absolute Gasteiger partial charge is 0.497 e. The monoisotopic (exact) mass is 398 g/mol. The lowest BCUT2D eigenvalue weighted by molar-refractivity contribution is -0.126. The van der Waals surface area contributed by atoms with E-state index in [0.717, 1.165) is 17.7 Å². The van der Waals surface area contributed by atoms with Crippen LogP contribution in [0.3, 0.4) is 0 Å². The number of methoxy groups -OCH3 is 3. The van der Waals surface area contributed by atoms with Crippen LogP contribution < -0.4 is 24.4 Å². The highest BCUT2D eigenvalue weighted by Crippen LogP contribution is 2.34. The SMILES string of the molecule is COc1ccc(CCNC(=O)C2CC(=O)N(c3ccc(OC)c(OC)c3)C2)cc1. The molecule has 0 aliphatic carbocycles. The Morgan fingerprint density at radius 1 is 1.03 bits per heavy atom. The van der Waals surface area contributed by atoms with Crippen molar-refractivity contribution in [2.45, 2.75) is 12.8 Å². The van der Waals surface area contributed by atoms with Gasteiger partial charge in [-0.1, -0.05) is 12.1 Å². The summed E-state index contributed by atoms with van der Waals surface area (Å²) in [6, 6.07) is 13.0. The van der Waals surface area contributed by atoms with E-state index in [1.54, 1.807) is 44.4 Å². The molecule has 0 aromatic heterocycles. The van der Waals surface area contributed by atoms with Crippen LogP contribution in [0, 0.1) is 5.92 Å². The first-order valence-electron chi connectivity index (χ1n) is 9.48. The number of benzene rings is 2. The first-order chi connectivity index (χ1) is 14.0. The lowest BCUT2D eigenvalue weighted by Crippen LogP contribution is -2.34.